The third-order valence-electron chi connectivity index (χ3n) is 6.40. The summed E-state index contributed by atoms with van der Waals surface area (Å²) in [6.07, 6.45) is 3.37. The van der Waals surface area contributed by atoms with E-state index in [0.29, 0.717) is 24.6 Å². The van der Waals surface area contributed by atoms with Crippen LogP contribution in [0.1, 0.15) is 50.6 Å². The number of carbonyl (C=O) groups excluding carboxylic acids is 2. The fourth-order valence-corrected chi connectivity index (χ4v) is 4.61. The summed E-state index contributed by atoms with van der Waals surface area (Å²) in [5.74, 6) is 1.05. The quantitative estimate of drug-likeness (QED) is 0.337. The second-order valence-corrected chi connectivity index (χ2v) is 10.5. The van der Waals surface area contributed by atoms with Gasteiger partial charge in [-0.05, 0) is 83.0 Å². The molecule has 0 saturated heterocycles. The number of nitrogens with zero attached hydrogens (tertiary/aromatic N) is 4. The van der Waals surface area contributed by atoms with Crippen molar-refractivity contribution in [3.05, 3.63) is 77.9 Å². The molecule has 1 atom stereocenters. The molecule has 9 nitrogen and oxygen atoms in total. The summed E-state index contributed by atoms with van der Waals surface area (Å²) in [6, 6.07) is 14.6. The van der Waals surface area contributed by atoms with Crippen molar-refractivity contribution in [2.75, 3.05) is 11.9 Å². The summed E-state index contributed by atoms with van der Waals surface area (Å²) in [6.45, 7) is 9.93. The van der Waals surface area contributed by atoms with Crippen LogP contribution in [0.3, 0.4) is 0 Å². The Morgan fingerprint density at radius 3 is 2.66 bits per heavy atom. The molecule has 0 radical (unpaired) electrons. The number of aryl methyl sites for hydroxylation is 1. The monoisotopic (exact) mass is 513 g/mol. The molecule has 3 heterocycles. The molecule has 5 rings (SSSR count). The number of hydrogen-bond acceptors (Lipinski definition) is 6. The zero-order valence-corrected chi connectivity index (χ0v) is 22.2. The van der Waals surface area contributed by atoms with E-state index in [0.717, 1.165) is 33.4 Å². The minimum absolute atomic E-state index is 0.243. The Bertz CT molecular complexity index is 1520. The SMILES string of the molecule is Cc1cccc(NC(=O)n2ccc3cc(Oc4ncnc5c4CCN(C(=O)OC(C)(C)C)C5C)ccc32)c1. The van der Waals surface area contributed by atoms with Gasteiger partial charge in [-0.2, -0.15) is 0 Å². The van der Waals surface area contributed by atoms with Gasteiger partial charge in [0.1, 0.15) is 17.7 Å². The van der Waals surface area contributed by atoms with E-state index in [1.165, 1.54) is 6.33 Å². The molecule has 0 bridgehead atoms. The van der Waals surface area contributed by atoms with Gasteiger partial charge >= 0.3 is 12.1 Å². The third-order valence-corrected chi connectivity index (χ3v) is 6.40. The molecule has 1 N–H and O–H groups in total. The van der Waals surface area contributed by atoms with Crippen molar-refractivity contribution < 1.29 is 19.1 Å². The molecular formula is C29H31N5O4. The third kappa shape index (κ3) is 5.18. The second kappa shape index (κ2) is 9.81. The Morgan fingerprint density at radius 1 is 1.08 bits per heavy atom. The molecular weight excluding hydrogens is 482 g/mol. The molecule has 0 fully saturated rings. The van der Waals surface area contributed by atoms with E-state index < -0.39 is 5.60 Å². The molecule has 2 aromatic heterocycles. The van der Waals surface area contributed by atoms with Crippen molar-refractivity contribution in [3.63, 3.8) is 0 Å². The predicted molar refractivity (Wildman–Crippen MR) is 145 cm³/mol. The Kier molecular flexibility index (Phi) is 6.52. The molecule has 1 unspecified atom stereocenters. The molecule has 4 aromatic rings. The van der Waals surface area contributed by atoms with Gasteiger partial charge < -0.3 is 14.8 Å². The highest BCUT2D eigenvalue weighted by Crippen LogP contribution is 2.35. The summed E-state index contributed by atoms with van der Waals surface area (Å²) < 4.78 is 13.3. The van der Waals surface area contributed by atoms with Crippen LogP contribution in [-0.4, -0.2) is 43.7 Å². The van der Waals surface area contributed by atoms with Crippen LogP contribution in [0, 0.1) is 6.92 Å². The van der Waals surface area contributed by atoms with Crippen LogP contribution in [0.5, 0.6) is 11.6 Å². The zero-order valence-electron chi connectivity index (χ0n) is 22.2. The Labute approximate surface area is 221 Å². The van der Waals surface area contributed by atoms with Crippen molar-refractivity contribution in [2.24, 2.45) is 0 Å². The number of hydrogen-bond donors (Lipinski definition) is 1. The van der Waals surface area contributed by atoms with E-state index in [1.807, 2.05) is 83.1 Å². The lowest BCUT2D eigenvalue weighted by Gasteiger charge is -2.35. The Morgan fingerprint density at radius 2 is 1.89 bits per heavy atom. The van der Waals surface area contributed by atoms with Gasteiger partial charge in [0.05, 0.1) is 17.3 Å². The van der Waals surface area contributed by atoms with Crippen LogP contribution < -0.4 is 10.1 Å². The van der Waals surface area contributed by atoms with Crippen LogP contribution in [0.4, 0.5) is 15.3 Å². The minimum atomic E-state index is -0.574. The molecule has 2 amide bonds. The lowest BCUT2D eigenvalue weighted by molar-refractivity contribution is 0.0153. The molecule has 196 valence electrons. The molecule has 0 aliphatic carbocycles. The fourth-order valence-electron chi connectivity index (χ4n) is 4.61. The van der Waals surface area contributed by atoms with Crippen LogP contribution in [-0.2, 0) is 11.2 Å². The van der Waals surface area contributed by atoms with E-state index in [1.54, 1.807) is 15.7 Å². The average Bonchev–Trinajstić information content (AvgIpc) is 3.27. The first-order chi connectivity index (χ1) is 18.1. The maximum atomic E-state index is 12.9. The highest BCUT2D eigenvalue weighted by atomic mass is 16.6. The number of fused-ring (bicyclic) bond motifs is 2. The first-order valence-corrected chi connectivity index (χ1v) is 12.6. The van der Waals surface area contributed by atoms with Gasteiger partial charge in [0, 0.05) is 29.4 Å². The van der Waals surface area contributed by atoms with Crippen molar-refractivity contribution in [1.29, 1.82) is 0 Å². The number of benzene rings is 2. The van der Waals surface area contributed by atoms with Gasteiger partial charge in [-0.1, -0.05) is 12.1 Å². The largest absolute Gasteiger partial charge is 0.444 e. The summed E-state index contributed by atoms with van der Waals surface area (Å²) in [7, 11) is 0. The summed E-state index contributed by atoms with van der Waals surface area (Å²) in [5.41, 5.74) is 3.61. The highest BCUT2D eigenvalue weighted by Gasteiger charge is 2.34. The van der Waals surface area contributed by atoms with Gasteiger partial charge in [0.25, 0.3) is 0 Å². The topological polar surface area (TPSA) is 98.6 Å². The van der Waals surface area contributed by atoms with E-state index in [-0.39, 0.29) is 18.2 Å². The molecule has 2 aromatic carbocycles. The summed E-state index contributed by atoms with van der Waals surface area (Å²) >= 11 is 0. The second-order valence-electron chi connectivity index (χ2n) is 10.5. The van der Waals surface area contributed by atoms with E-state index in [4.69, 9.17) is 9.47 Å². The van der Waals surface area contributed by atoms with Gasteiger partial charge in [0.15, 0.2) is 0 Å². The Balaban J connectivity index is 1.34. The predicted octanol–water partition coefficient (Wildman–Crippen LogP) is 6.47. The van der Waals surface area contributed by atoms with Crippen molar-refractivity contribution >= 4 is 28.7 Å². The van der Waals surface area contributed by atoms with Crippen LogP contribution in [0.2, 0.25) is 0 Å². The molecule has 0 saturated carbocycles. The first kappa shape index (κ1) is 25.3. The van der Waals surface area contributed by atoms with Crippen molar-refractivity contribution in [3.8, 4) is 11.6 Å². The lowest BCUT2D eigenvalue weighted by atomic mass is 10.00. The summed E-state index contributed by atoms with van der Waals surface area (Å²) in [4.78, 5) is 36.1. The van der Waals surface area contributed by atoms with E-state index >= 15 is 0 Å². The van der Waals surface area contributed by atoms with Gasteiger partial charge in [0.2, 0.25) is 5.88 Å². The van der Waals surface area contributed by atoms with E-state index in [9.17, 15) is 9.59 Å². The fraction of sp³-hybridized carbons (Fsp3) is 0.310. The lowest BCUT2D eigenvalue weighted by Crippen LogP contribution is -2.42. The molecule has 0 spiro atoms. The Hall–Kier alpha value is -4.40. The van der Waals surface area contributed by atoms with Crippen LogP contribution >= 0.6 is 0 Å². The van der Waals surface area contributed by atoms with Crippen molar-refractivity contribution in [1.82, 2.24) is 19.4 Å². The summed E-state index contributed by atoms with van der Waals surface area (Å²) in [5, 5.41) is 3.79. The zero-order chi connectivity index (χ0) is 27.0. The average molecular weight is 514 g/mol. The highest BCUT2D eigenvalue weighted by molar-refractivity contribution is 5.98. The maximum absolute atomic E-state index is 12.9. The van der Waals surface area contributed by atoms with Gasteiger partial charge in [-0.15, -0.1) is 0 Å². The number of ether oxygens (including phenoxy) is 2. The number of aromatic nitrogens is 3. The molecule has 1 aliphatic heterocycles. The van der Waals surface area contributed by atoms with Crippen LogP contribution in [0.15, 0.2) is 61.1 Å². The molecule has 38 heavy (non-hydrogen) atoms. The minimum Gasteiger partial charge on any atom is -0.444 e. The molecule has 1 aliphatic rings. The number of carbonyl (C=O) groups is 2. The number of amides is 2. The standard InChI is InChI=1S/C29H31N5O4/c1-18-7-6-8-21(15-18)32-27(35)34-13-11-20-16-22(9-10-24(20)34)37-26-23-12-14-33(28(36)38-29(3,4)5)19(2)25(23)30-17-31-26/h6-11,13,15-17,19H,12,14H2,1-5H3,(H,32,35). The van der Waals surface area contributed by atoms with Crippen molar-refractivity contribution in [2.45, 2.75) is 52.7 Å². The smallest absolute Gasteiger partial charge is 0.410 e. The maximum Gasteiger partial charge on any atom is 0.410 e. The van der Waals surface area contributed by atoms with E-state index in [2.05, 4.69) is 15.3 Å². The number of anilines is 1. The first-order valence-electron chi connectivity index (χ1n) is 12.6. The van der Waals surface area contributed by atoms with Gasteiger partial charge in [-0.3, -0.25) is 9.47 Å². The van der Waals surface area contributed by atoms with Crippen LogP contribution in [0.25, 0.3) is 10.9 Å². The normalized spacial score (nSPS) is 15.2. The number of nitrogens with one attached hydrogen (secondary N) is 1. The van der Waals surface area contributed by atoms with Gasteiger partial charge in [-0.25, -0.2) is 19.6 Å². The molecule has 9 heteroatoms. The number of rotatable bonds is 3.